The van der Waals surface area contributed by atoms with Crippen molar-refractivity contribution in [3.05, 3.63) is 70.8 Å². The minimum atomic E-state index is -0.388. The van der Waals surface area contributed by atoms with Gasteiger partial charge in [-0.2, -0.15) is 0 Å². The van der Waals surface area contributed by atoms with Crippen molar-refractivity contribution in [3.8, 4) is 0 Å². The third kappa shape index (κ3) is 6.84. The number of hydrogen-bond acceptors (Lipinski definition) is 3. The number of anilines is 1. The number of amides is 2. The highest BCUT2D eigenvalue weighted by Crippen LogP contribution is 2.16. The molecular formula is C20H20ClN3O2S. The van der Waals surface area contributed by atoms with Crippen molar-refractivity contribution in [2.24, 2.45) is 0 Å². The van der Waals surface area contributed by atoms with Crippen LogP contribution in [0.2, 0.25) is 5.02 Å². The standard InChI is InChI=1S/C20H20ClN3O2S/c1-13(2)22-19(26)15-7-5-8-16(12-15)23-20(27)24-18(25)11-10-14-6-3-4-9-17(14)21/h3-13H,1-2H3,(H,22,26)(H2,23,24,25,27)/b11-10+. The van der Waals surface area contributed by atoms with E-state index >= 15 is 0 Å². The Morgan fingerprint density at radius 1 is 1.11 bits per heavy atom. The Hall–Kier alpha value is -2.70. The summed E-state index contributed by atoms with van der Waals surface area (Å²) in [5.41, 5.74) is 1.84. The fourth-order valence-corrected chi connectivity index (χ4v) is 2.59. The van der Waals surface area contributed by atoms with Crippen LogP contribution in [-0.4, -0.2) is 23.0 Å². The summed E-state index contributed by atoms with van der Waals surface area (Å²) in [4.78, 5) is 24.0. The highest BCUT2D eigenvalue weighted by Gasteiger charge is 2.08. The van der Waals surface area contributed by atoms with Gasteiger partial charge >= 0.3 is 0 Å². The molecule has 27 heavy (non-hydrogen) atoms. The summed E-state index contributed by atoms with van der Waals surface area (Å²) in [5, 5.41) is 8.94. The van der Waals surface area contributed by atoms with Gasteiger partial charge in [0.2, 0.25) is 5.91 Å². The summed E-state index contributed by atoms with van der Waals surface area (Å²) in [6, 6.07) is 14.1. The first-order valence-corrected chi connectivity index (χ1v) is 9.09. The Morgan fingerprint density at radius 2 is 1.85 bits per heavy atom. The van der Waals surface area contributed by atoms with Crippen molar-refractivity contribution < 1.29 is 9.59 Å². The van der Waals surface area contributed by atoms with Crippen LogP contribution < -0.4 is 16.0 Å². The van der Waals surface area contributed by atoms with E-state index in [9.17, 15) is 9.59 Å². The lowest BCUT2D eigenvalue weighted by atomic mass is 10.2. The second kappa shape index (κ2) is 9.85. The lowest BCUT2D eigenvalue weighted by molar-refractivity contribution is -0.115. The van der Waals surface area contributed by atoms with Crippen LogP contribution in [0.4, 0.5) is 5.69 Å². The van der Waals surface area contributed by atoms with Gasteiger partial charge in [-0.3, -0.25) is 14.9 Å². The Labute approximate surface area is 168 Å². The average molecular weight is 402 g/mol. The number of rotatable bonds is 5. The number of thiocarbonyl (C=S) groups is 1. The van der Waals surface area contributed by atoms with Gasteiger partial charge in [0.15, 0.2) is 5.11 Å². The van der Waals surface area contributed by atoms with Gasteiger partial charge in [-0.1, -0.05) is 35.9 Å². The van der Waals surface area contributed by atoms with Crippen LogP contribution in [0.1, 0.15) is 29.8 Å². The zero-order chi connectivity index (χ0) is 19.8. The first-order valence-electron chi connectivity index (χ1n) is 8.30. The lowest BCUT2D eigenvalue weighted by Gasteiger charge is -2.11. The third-order valence-corrected chi connectivity index (χ3v) is 3.91. The summed E-state index contributed by atoms with van der Waals surface area (Å²) in [6.45, 7) is 3.78. The van der Waals surface area contributed by atoms with Crippen molar-refractivity contribution in [3.63, 3.8) is 0 Å². The van der Waals surface area contributed by atoms with Gasteiger partial charge in [0.25, 0.3) is 5.91 Å². The Balaban J connectivity index is 1.94. The van der Waals surface area contributed by atoms with Gasteiger partial charge in [0.05, 0.1) is 0 Å². The van der Waals surface area contributed by atoms with E-state index < -0.39 is 0 Å². The second-order valence-electron chi connectivity index (χ2n) is 6.01. The summed E-state index contributed by atoms with van der Waals surface area (Å²) in [6.07, 6.45) is 2.96. The fourth-order valence-electron chi connectivity index (χ4n) is 2.18. The van der Waals surface area contributed by atoms with Crippen LogP contribution in [0.25, 0.3) is 6.08 Å². The maximum absolute atomic E-state index is 12.1. The molecule has 0 aliphatic rings. The molecule has 2 aromatic carbocycles. The highest BCUT2D eigenvalue weighted by atomic mass is 35.5. The van der Waals surface area contributed by atoms with Crippen LogP contribution in [-0.2, 0) is 4.79 Å². The molecule has 0 aliphatic carbocycles. The van der Waals surface area contributed by atoms with Crippen LogP contribution in [0.3, 0.4) is 0 Å². The highest BCUT2D eigenvalue weighted by molar-refractivity contribution is 7.80. The van der Waals surface area contributed by atoms with Crippen LogP contribution in [0.5, 0.6) is 0 Å². The van der Waals surface area contributed by atoms with Gasteiger partial charge in [0.1, 0.15) is 0 Å². The van der Waals surface area contributed by atoms with Gasteiger partial charge in [-0.25, -0.2) is 0 Å². The van der Waals surface area contributed by atoms with Gasteiger partial charge in [-0.15, -0.1) is 0 Å². The van der Waals surface area contributed by atoms with Gasteiger partial charge in [-0.05, 0) is 62.0 Å². The van der Waals surface area contributed by atoms with E-state index in [0.717, 1.165) is 5.56 Å². The molecule has 5 nitrogen and oxygen atoms in total. The number of benzene rings is 2. The smallest absolute Gasteiger partial charge is 0.251 e. The van der Waals surface area contributed by atoms with Gasteiger partial charge < -0.3 is 10.6 Å². The molecule has 0 fully saturated rings. The maximum Gasteiger partial charge on any atom is 0.251 e. The summed E-state index contributed by atoms with van der Waals surface area (Å²) < 4.78 is 0. The van der Waals surface area contributed by atoms with Crippen LogP contribution in [0, 0.1) is 0 Å². The fraction of sp³-hybridized carbons (Fsp3) is 0.150. The predicted molar refractivity (Wildman–Crippen MR) is 114 cm³/mol. The predicted octanol–water partition coefficient (Wildman–Crippen LogP) is 4.00. The Kier molecular flexibility index (Phi) is 7.52. The first kappa shape index (κ1) is 20.6. The molecule has 0 atom stereocenters. The minimum Gasteiger partial charge on any atom is -0.350 e. The lowest BCUT2D eigenvalue weighted by Crippen LogP contribution is -2.33. The number of carbonyl (C=O) groups excluding carboxylic acids is 2. The van der Waals surface area contributed by atoms with Crippen molar-refractivity contribution in [2.45, 2.75) is 19.9 Å². The molecule has 3 N–H and O–H groups in total. The van der Waals surface area contributed by atoms with Gasteiger partial charge in [0, 0.05) is 28.4 Å². The molecule has 0 unspecified atom stereocenters. The first-order chi connectivity index (χ1) is 12.8. The quantitative estimate of drug-likeness (QED) is 0.523. The monoisotopic (exact) mass is 401 g/mol. The molecule has 2 amide bonds. The van der Waals surface area contributed by atoms with E-state index in [0.29, 0.717) is 16.3 Å². The molecule has 2 rings (SSSR count). The van der Waals surface area contributed by atoms with Crippen molar-refractivity contribution in [1.82, 2.24) is 10.6 Å². The summed E-state index contributed by atoms with van der Waals surface area (Å²) in [7, 11) is 0. The molecule has 0 radical (unpaired) electrons. The molecule has 7 heteroatoms. The topological polar surface area (TPSA) is 70.2 Å². The molecule has 0 heterocycles. The van der Waals surface area contributed by atoms with E-state index in [1.54, 1.807) is 42.5 Å². The van der Waals surface area contributed by atoms with E-state index in [2.05, 4.69) is 16.0 Å². The molecule has 0 spiro atoms. The zero-order valence-corrected chi connectivity index (χ0v) is 16.5. The molecular weight excluding hydrogens is 382 g/mol. The Bertz CT molecular complexity index is 881. The van der Waals surface area contributed by atoms with Crippen LogP contribution >= 0.6 is 23.8 Å². The SMILES string of the molecule is CC(C)NC(=O)c1cccc(NC(=S)NC(=O)/C=C/c2ccccc2Cl)c1. The zero-order valence-electron chi connectivity index (χ0n) is 15.0. The summed E-state index contributed by atoms with van der Waals surface area (Å²) >= 11 is 11.2. The maximum atomic E-state index is 12.1. The summed E-state index contributed by atoms with van der Waals surface area (Å²) in [5.74, 6) is -0.563. The molecule has 0 bridgehead atoms. The number of nitrogens with one attached hydrogen (secondary N) is 3. The molecule has 0 saturated carbocycles. The molecule has 2 aromatic rings. The van der Waals surface area contributed by atoms with Crippen molar-refractivity contribution in [2.75, 3.05) is 5.32 Å². The molecule has 0 aromatic heterocycles. The third-order valence-electron chi connectivity index (χ3n) is 3.36. The normalized spacial score (nSPS) is 10.7. The molecule has 0 saturated heterocycles. The number of hydrogen-bond donors (Lipinski definition) is 3. The van der Waals surface area contributed by atoms with Crippen molar-refractivity contribution >= 4 is 52.5 Å². The number of carbonyl (C=O) groups is 2. The van der Waals surface area contributed by atoms with E-state index in [1.807, 2.05) is 26.0 Å². The van der Waals surface area contributed by atoms with E-state index in [4.69, 9.17) is 23.8 Å². The van der Waals surface area contributed by atoms with Crippen molar-refractivity contribution in [1.29, 1.82) is 0 Å². The Morgan fingerprint density at radius 3 is 2.56 bits per heavy atom. The largest absolute Gasteiger partial charge is 0.350 e. The second-order valence-corrected chi connectivity index (χ2v) is 6.82. The van der Waals surface area contributed by atoms with E-state index in [-0.39, 0.29) is 23.0 Å². The van der Waals surface area contributed by atoms with E-state index in [1.165, 1.54) is 6.08 Å². The number of halogens is 1. The minimum absolute atomic E-state index is 0.0411. The average Bonchev–Trinajstić information content (AvgIpc) is 2.60. The molecule has 140 valence electrons. The van der Waals surface area contributed by atoms with Crippen LogP contribution in [0.15, 0.2) is 54.6 Å². The molecule has 0 aliphatic heterocycles.